The average molecular weight is 450 g/mol. The third-order valence-corrected chi connectivity index (χ3v) is 6.07. The molecule has 2 aromatic rings. The highest BCUT2D eigenvalue weighted by molar-refractivity contribution is 5.80. The summed E-state index contributed by atoms with van der Waals surface area (Å²) in [6.45, 7) is 5.93. The van der Waals surface area contributed by atoms with Crippen LogP contribution in [0.5, 0.6) is 5.75 Å². The molecule has 0 radical (unpaired) electrons. The monoisotopic (exact) mass is 449 g/mol. The van der Waals surface area contributed by atoms with Gasteiger partial charge in [-0.25, -0.2) is 0 Å². The molecule has 33 heavy (non-hydrogen) atoms. The van der Waals surface area contributed by atoms with E-state index in [4.69, 9.17) is 4.74 Å². The summed E-state index contributed by atoms with van der Waals surface area (Å²) in [5, 5.41) is 6.43. The van der Waals surface area contributed by atoms with E-state index in [1.54, 1.807) is 0 Å². The van der Waals surface area contributed by atoms with Gasteiger partial charge in [0, 0.05) is 52.4 Å². The van der Waals surface area contributed by atoms with Crippen LogP contribution in [0.15, 0.2) is 59.6 Å². The van der Waals surface area contributed by atoms with E-state index in [9.17, 15) is 4.79 Å². The highest BCUT2D eigenvalue weighted by Crippen LogP contribution is 2.18. The number of nitrogens with one attached hydrogen (secondary N) is 2. The van der Waals surface area contributed by atoms with E-state index < -0.39 is 0 Å². The lowest BCUT2D eigenvalue weighted by Crippen LogP contribution is -2.52. The third kappa shape index (κ3) is 7.49. The third-order valence-electron chi connectivity index (χ3n) is 6.07. The second kappa shape index (κ2) is 11.7. The minimum atomic E-state index is -0.0435. The van der Waals surface area contributed by atoms with Crippen molar-refractivity contribution in [1.82, 2.24) is 20.4 Å². The van der Waals surface area contributed by atoms with Crippen molar-refractivity contribution in [2.24, 2.45) is 4.99 Å². The Hall–Kier alpha value is -3.06. The van der Waals surface area contributed by atoms with Crippen molar-refractivity contribution < 1.29 is 9.53 Å². The van der Waals surface area contributed by atoms with E-state index in [2.05, 4.69) is 67.9 Å². The summed E-state index contributed by atoms with van der Waals surface area (Å²) >= 11 is 0. The molecule has 0 bridgehead atoms. The summed E-state index contributed by atoms with van der Waals surface area (Å²) in [5.74, 6) is 1.65. The number of benzene rings is 2. The van der Waals surface area contributed by atoms with Gasteiger partial charge in [-0.05, 0) is 42.5 Å². The van der Waals surface area contributed by atoms with Crippen molar-refractivity contribution >= 4 is 11.9 Å². The van der Waals surface area contributed by atoms with Gasteiger partial charge in [0.1, 0.15) is 5.75 Å². The molecule has 1 aliphatic heterocycles. The lowest BCUT2D eigenvalue weighted by molar-refractivity contribution is -0.123. The zero-order valence-electron chi connectivity index (χ0n) is 19.5. The van der Waals surface area contributed by atoms with Gasteiger partial charge < -0.3 is 20.3 Å². The first-order valence-corrected chi connectivity index (χ1v) is 11.9. The van der Waals surface area contributed by atoms with Crippen molar-refractivity contribution in [2.45, 2.75) is 31.8 Å². The van der Waals surface area contributed by atoms with E-state index in [0.717, 1.165) is 70.2 Å². The summed E-state index contributed by atoms with van der Waals surface area (Å²) in [6, 6.07) is 19.0. The Morgan fingerprint density at radius 2 is 1.73 bits per heavy atom. The van der Waals surface area contributed by atoms with Gasteiger partial charge in [-0.2, -0.15) is 0 Å². The van der Waals surface area contributed by atoms with Gasteiger partial charge in [0.15, 0.2) is 12.6 Å². The fraction of sp³-hybridized carbons (Fsp3) is 0.462. The van der Waals surface area contributed by atoms with Gasteiger partial charge in [0.25, 0.3) is 5.91 Å². The van der Waals surface area contributed by atoms with Gasteiger partial charge in [-0.1, -0.05) is 42.5 Å². The topological polar surface area (TPSA) is 69.2 Å². The molecule has 0 spiro atoms. The summed E-state index contributed by atoms with van der Waals surface area (Å²) in [6.07, 6.45) is 3.07. The fourth-order valence-corrected chi connectivity index (χ4v) is 4.01. The van der Waals surface area contributed by atoms with Gasteiger partial charge in [-0.3, -0.25) is 14.7 Å². The normalized spacial score (nSPS) is 17.0. The molecular formula is C26H35N5O2. The second-order valence-electron chi connectivity index (χ2n) is 8.75. The summed E-state index contributed by atoms with van der Waals surface area (Å²) < 4.78 is 5.58. The molecule has 176 valence electrons. The molecule has 7 heteroatoms. The Morgan fingerprint density at radius 3 is 2.39 bits per heavy atom. The Bertz CT molecular complexity index is 904. The Morgan fingerprint density at radius 1 is 1.00 bits per heavy atom. The van der Waals surface area contributed by atoms with E-state index in [-0.39, 0.29) is 12.5 Å². The number of piperazine rings is 1. The molecule has 2 fully saturated rings. The van der Waals surface area contributed by atoms with Crippen molar-refractivity contribution in [3.05, 3.63) is 65.7 Å². The van der Waals surface area contributed by atoms with Crippen LogP contribution in [-0.2, 0) is 17.8 Å². The second-order valence-corrected chi connectivity index (χ2v) is 8.75. The molecule has 2 aliphatic rings. The number of nitrogens with zero attached hydrogens (tertiary/aromatic N) is 3. The summed E-state index contributed by atoms with van der Waals surface area (Å²) in [4.78, 5) is 21.1. The number of guanidine groups is 1. The number of ether oxygens (including phenoxy) is 1. The number of carbonyl (C=O) groups is 1. The Kier molecular flexibility index (Phi) is 8.19. The number of aliphatic imine (C=N–C) groups is 1. The number of carbonyl (C=O) groups excluding carboxylic acids is 1. The zero-order valence-corrected chi connectivity index (χ0v) is 19.5. The Labute approximate surface area is 196 Å². The molecule has 0 aromatic heterocycles. The maximum absolute atomic E-state index is 11.7. The summed E-state index contributed by atoms with van der Waals surface area (Å²) in [5.41, 5.74) is 2.59. The van der Waals surface area contributed by atoms with Crippen molar-refractivity contribution in [1.29, 1.82) is 0 Å². The van der Waals surface area contributed by atoms with Crippen LogP contribution in [0, 0.1) is 0 Å². The molecule has 2 N–H and O–H groups in total. The zero-order chi connectivity index (χ0) is 22.9. The largest absolute Gasteiger partial charge is 0.484 e. The molecule has 2 aromatic carbocycles. The highest BCUT2D eigenvalue weighted by atomic mass is 16.5. The molecule has 1 amide bonds. The van der Waals surface area contributed by atoms with Gasteiger partial charge in [-0.15, -0.1) is 0 Å². The highest BCUT2D eigenvalue weighted by Gasteiger charge is 2.23. The lowest BCUT2D eigenvalue weighted by Gasteiger charge is -2.36. The van der Waals surface area contributed by atoms with Crippen molar-refractivity contribution in [3.63, 3.8) is 0 Å². The van der Waals surface area contributed by atoms with E-state index in [1.807, 2.05) is 19.2 Å². The quantitative estimate of drug-likeness (QED) is 0.454. The Balaban J connectivity index is 1.14. The molecule has 4 rings (SSSR count). The number of amides is 1. The van der Waals surface area contributed by atoms with Crippen LogP contribution in [0.1, 0.15) is 24.0 Å². The van der Waals surface area contributed by atoms with Crippen LogP contribution in [0.2, 0.25) is 0 Å². The van der Waals surface area contributed by atoms with Crippen LogP contribution in [-0.4, -0.2) is 74.1 Å². The fourth-order valence-electron chi connectivity index (χ4n) is 4.01. The minimum Gasteiger partial charge on any atom is -0.484 e. The van der Waals surface area contributed by atoms with E-state index in [1.165, 1.54) is 11.1 Å². The maximum Gasteiger partial charge on any atom is 0.258 e. The van der Waals surface area contributed by atoms with Gasteiger partial charge in [0.05, 0.1) is 0 Å². The molecular weight excluding hydrogens is 414 g/mol. The lowest BCUT2D eigenvalue weighted by atomic mass is 10.1. The van der Waals surface area contributed by atoms with Crippen LogP contribution in [0.3, 0.4) is 0 Å². The van der Waals surface area contributed by atoms with Crippen molar-refractivity contribution in [3.8, 4) is 5.75 Å². The number of hydrogen-bond donors (Lipinski definition) is 2. The predicted octanol–water partition coefficient (Wildman–Crippen LogP) is 2.28. The molecule has 1 heterocycles. The van der Waals surface area contributed by atoms with Crippen LogP contribution >= 0.6 is 0 Å². The minimum absolute atomic E-state index is 0.0435. The smallest absolute Gasteiger partial charge is 0.258 e. The van der Waals surface area contributed by atoms with Crippen LogP contribution in [0.4, 0.5) is 0 Å². The van der Waals surface area contributed by atoms with Gasteiger partial charge >= 0.3 is 0 Å². The molecule has 1 saturated heterocycles. The molecule has 0 atom stereocenters. The number of rotatable bonds is 9. The maximum atomic E-state index is 11.7. The first-order chi connectivity index (χ1) is 16.2. The summed E-state index contributed by atoms with van der Waals surface area (Å²) in [7, 11) is 1.85. The van der Waals surface area contributed by atoms with Crippen molar-refractivity contribution in [2.75, 3.05) is 46.4 Å². The van der Waals surface area contributed by atoms with Gasteiger partial charge in [0.2, 0.25) is 0 Å². The average Bonchev–Trinajstić information content (AvgIpc) is 3.67. The van der Waals surface area contributed by atoms with Crippen LogP contribution in [0.25, 0.3) is 0 Å². The predicted molar refractivity (Wildman–Crippen MR) is 131 cm³/mol. The molecule has 1 aliphatic carbocycles. The van der Waals surface area contributed by atoms with E-state index >= 15 is 0 Å². The standard InChI is InChI=1S/C26H35N5O2/c1-27-26(31-17-15-30(16-18-31)19-22-5-3-2-4-6-22)28-14-13-21-7-11-24(12-8-21)33-20-25(32)29-23-9-10-23/h2-8,11-12,23H,9-10,13-20H2,1H3,(H,27,28)(H,29,32). The van der Waals surface area contributed by atoms with E-state index in [0.29, 0.717) is 6.04 Å². The first-order valence-electron chi connectivity index (χ1n) is 11.9. The molecule has 0 unspecified atom stereocenters. The molecule has 7 nitrogen and oxygen atoms in total. The first kappa shape index (κ1) is 23.1. The van der Waals surface area contributed by atoms with Crippen LogP contribution < -0.4 is 15.4 Å². The molecule has 1 saturated carbocycles. The SMILES string of the molecule is CN=C(NCCc1ccc(OCC(=O)NC2CC2)cc1)N1CCN(Cc2ccccc2)CC1. The number of hydrogen-bond acceptors (Lipinski definition) is 4.